The van der Waals surface area contributed by atoms with E-state index >= 15 is 0 Å². The van der Waals surface area contributed by atoms with Crippen molar-refractivity contribution in [3.05, 3.63) is 28.7 Å². The Labute approximate surface area is 122 Å². The van der Waals surface area contributed by atoms with Crippen molar-refractivity contribution in [2.45, 2.75) is 25.7 Å². The summed E-state index contributed by atoms with van der Waals surface area (Å²) in [7, 11) is 0. The molecular weight excluding hydrogens is 306 g/mol. The first-order valence-corrected chi connectivity index (χ1v) is 7.66. The van der Waals surface area contributed by atoms with Crippen molar-refractivity contribution in [2.24, 2.45) is 5.41 Å². The molecular formula is C15H18BrNO2. The van der Waals surface area contributed by atoms with Crippen LogP contribution in [0.15, 0.2) is 28.7 Å². The molecule has 0 unspecified atom stereocenters. The van der Waals surface area contributed by atoms with Gasteiger partial charge < -0.3 is 9.64 Å². The topological polar surface area (TPSA) is 29.5 Å². The minimum absolute atomic E-state index is 0.163. The second kappa shape index (κ2) is 5.25. The Hall–Kier alpha value is -0.870. The van der Waals surface area contributed by atoms with Gasteiger partial charge >= 0.3 is 0 Å². The molecule has 1 spiro atoms. The van der Waals surface area contributed by atoms with Gasteiger partial charge in [0.05, 0.1) is 5.41 Å². The van der Waals surface area contributed by atoms with Crippen molar-refractivity contribution in [3.63, 3.8) is 0 Å². The highest BCUT2D eigenvalue weighted by Gasteiger charge is 2.44. The average Bonchev–Trinajstić information content (AvgIpc) is 2.44. The normalized spacial score (nSPS) is 22.8. The summed E-state index contributed by atoms with van der Waals surface area (Å²) in [5.74, 6) is 0.296. The van der Waals surface area contributed by atoms with Gasteiger partial charge in [-0.3, -0.25) is 4.79 Å². The first kappa shape index (κ1) is 13.1. The Kier molecular flexibility index (Phi) is 3.63. The van der Waals surface area contributed by atoms with Crippen molar-refractivity contribution in [3.8, 4) is 0 Å². The molecule has 0 atom stereocenters. The van der Waals surface area contributed by atoms with Crippen molar-refractivity contribution >= 4 is 27.5 Å². The summed E-state index contributed by atoms with van der Waals surface area (Å²) in [6.45, 7) is 2.28. The highest BCUT2D eigenvalue weighted by Crippen LogP contribution is 2.41. The zero-order valence-electron chi connectivity index (χ0n) is 10.9. The van der Waals surface area contributed by atoms with Crippen molar-refractivity contribution in [2.75, 3.05) is 24.7 Å². The van der Waals surface area contributed by atoms with Crippen LogP contribution in [0.4, 0.5) is 5.69 Å². The summed E-state index contributed by atoms with van der Waals surface area (Å²) >= 11 is 3.43. The van der Waals surface area contributed by atoms with Gasteiger partial charge in [0.1, 0.15) is 0 Å². The van der Waals surface area contributed by atoms with E-state index in [9.17, 15) is 4.79 Å². The van der Waals surface area contributed by atoms with E-state index in [-0.39, 0.29) is 5.41 Å². The van der Waals surface area contributed by atoms with Crippen molar-refractivity contribution in [1.29, 1.82) is 0 Å². The summed E-state index contributed by atoms with van der Waals surface area (Å²) < 4.78 is 6.47. The summed E-state index contributed by atoms with van der Waals surface area (Å²) in [6.07, 6.45) is 3.85. The number of rotatable bonds is 1. The number of nitrogens with zero attached hydrogens (tertiary/aromatic N) is 1. The van der Waals surface area contributed by atoms with Gasteiger partial charge in [-0.1, -0.05) is 15.9 Å². The third-order valence-electron chi connectivity index (χ3n) is 4.32. The zero-order valence-corrected chi connectivity index (χ0v) is 12.5. The van der Waals surface area contributed by atoms with Crippen molar-refractivity contribution < 1.29 is 9.53 Å². The summed E-state index contributed by atoms with van der Waals surface area (Å²) in [6, 6.07) is 8.02. The van der Waals surface area contributed by atoms with Crippen LogP contribution in [0.25, 0.3) is 0 Å². The van der Waals surface area contributed by atoms with Gasteiger partial charge in [-0.15, -0.1) is 0 Å². The Morgan fingerprint density at radius 3 is 2.47 bits per heavy atom. The lowest BCUT2D eigenvalue weighted by atomic mass is 9.73. The number of anilines is 1. The lowest BCUT2D eigenvalue weighted by Gasteiger charge is -2.43. The van der Waals surface area contributed by atoms with Gasteiger partial charge in [-0.25, -0.2) is 0 Å². The highest BCUT2D eigenvalue weighted by atomic mass is 79.9. The number of hydrogen-bond acceptors (Lipinski definition) is 2. The van der Waals surface area contributed by atoms with Crippen LogP contribution in [-0.4, -0.2) is 25.7 Å². The molecule has 1 aromatic carbocycles. The molecule has 1 amide bonds. The minimum atomic E-state index is -0.163. The lowest BCUT2D eigenvalue weighted by Crippen LogP contribution is -2.51. The molecule has 102 valence electrons. The molecule has 19 heavy (non-hydrogen) atoms. The Morgan fingerprint density at radius 1 is 1.11 bits per heavy atom. The molecule has 3 nitrogen and oxygen atoms in total. The van der Waals surface area contributed by atoms with Crippen LogP contribution in [-0.2, 0) is 9.53 Å². The van der Waals surface area contributed by atoms with E-state index < -0.39 is 0 Å². The van der Waals surface area contributed by atoms with Crippen LogP contribution >= 0.6 is 15.9 Å². The molecule has 0 saturated carbocycles. The molecule has 0 aliphatic carbocycles. The third kappa shape index (κ3) is 2.43. The molecule has 2 aliphatic rings. The number of benzene rings is 1. The molecule has 0 bridgehead atoms. The van der Waals surface area contributed by atoms with E-state index in [1.807, 2.05) is 29.2 Å². The number of amides is 1. The SMILES string of the molecule is O=C1N(c2ccc(Br)cc2)CCCC12CCOCC2. The number of halogens is 1. The molecule has 0 aromatic heterocycles. The van der Waals surface area contributed by atoms with Crippen LogP contribution in [0.3, 0.4) is 0 Å². The van der Waals surface area contributed by atoms with Gasteiger partial charge in [-0.2, -0.15) is 0 Å². The zero-order chi connectivity index (χ0) is 13.3. The van der Waals surface area contributed by atoms with Crippen LogP contribution in [0.2, 0.25) is 0 Å². The smallest absolute Gasteiger partial charge is 0.233 e. The Morgan fingerprint density at radius 2 is 1.79 bits per heavy atom. The fourth-order valence-corrected chi connectivity index (χ4v) is 3.43. The number of piperidine rings is 1. The second-order valence-corrected chi connectivity index (χ2v) is 6.35. The molecule has 0 radical (unpaired) electrons. The summed E-state index contributed by atoms with van der Waals surface area (Å²) in [5.41, 5.74) is 0.850. The number of hydrogen-bond donors (Lipinski definition) is 0. The number of ether oxygens (including phenoxy) is 1. The summed E-state index contributed by atoms with van der Waals surface area (Å²) in [4.78, 5) is 14.8. The van der Waals surface area contributed by atoms with E-state index in [0.717, 1.165) is 55.6 Å². The van der Waals surface area contributed by atoms with E-state index in [4.69, 9.17) is 4.74 Å². The average molecular weight is 324 g/mol. The van der Waals surface area contributed by atoms with Gasteiger partial charge in [-0.05, 0) is 49.9 Å². The second-order valence-electron chi connectivity index (χ2n) is 5.43. The van der Waals surface area contributed by atoms with E-state index in [2.05, 4.69) is 15.9 Å². The van der Waals surface area contributed by atoms with Gasteiger partial charge in [0.15, 0.2) is 0 Å². The van der Waals surface area contributed by atoms with Crippen LogP contribution in [0.1, 0.15) is 25.7 Å². The molecule has 1 aromatic rings. The quantitative estimate of drug-likeness (QED) is 0.793. The fraction of sp³-hybridized carbons (Fsp3) is 0.533. The first-order chi connectivity index (χ1) is 9.21. The highest BCUT2D eigenvalue weighted by molar-refractivity contribution is 9.10. The molecule has 2 heterocycles. The maximum absolute atomic E-state index is 12.8. The van der Waals surface area contributed by atoms with E-state index in [0.29, 0.717) is 5.91 Å². The monoisotopic (exact) mass is 323 g/mol. The maximum Gasteiger partial charge on any atom is 0.233 e. The largest absolute Gasteiger partial charge is 0.381 e. The van der Waals surface area contributed by atoms with E-state index in [1.165, 1.54) is 0 Å². The standard InChI is InChI=1S/C15H18BrNO2/c16-12-2-4-13(5-3-12)17-9-1-6-15(14(17)18)7-10-19-11-8-15/h2-5H,1,6-11H2. The number of carbonyl (C=O) groups is 1. The Balaban J connectivity index is 1.86. The lowest BCUT2D eigenvalue weighted by molar-refractivity contribution is -0.136. The first-order valence-electron chi connectivity index (χ1n) is 6.87. The Bertz CT molecular complexity index is 460. The molecule has 2 aliphatic heterocycles. The molecule has 2 saturated heterocycles. The van der Waals surface area contributed by atoms with E-state index in [1.54, 1.807) is 0 Å². The molecule has 2 fully saturated rings. The van der Waals surface area contributed by atoms with Gasteiger partial charge in [0, 0.05) is 29.9 Å². The van der Waals surface area contributed by atoms with Crippen LogP contribution in [0.5, 0.6) is 0 Å². The van der Waals surface area contributed by atoms with Gasteiger partial charge in [0.25, 0.3) is 0 Å². The number of carbonyl (C=O) groups excluding carboxylic acids is 1. The summed E-state index contributed by atoms with van der Waals surface area (Å²) in [5, 5.41) is 0. The predicted octanol–water partition coefficient (Wildman–Crippen LogP) is 3.37. The van der Waals surface area contributed by atoms with Crippen LogP contribution < -0.4 is 4.90 Å². The van der Waals surface area contributed by atoms with Gasteiger partial charge in [0.2, 0.25) is 5.91 Å². The third-order valence-corrected chi connectivity index (χ3v) is 4.85. The van der Waals surface area contributed by atoms with Crippen molar-refractivity contribution in [1.82, 2.24) is 0 Å². The molecule has 3 rings (SSSR count). The molecule has 0 N–H and O–H groups in total. The molecule has 4 heteroatoms. The predicted molar refractivity (Wildman–Crippen MR) is 78.2 cm³/mol. The minimum Gasteiger partial charge on any atom is -0.381 e. The van der Waals surface area contributed by atoms with Crippen LogP contribution in [0, 0.1) is 5.41 Å². The maximum atomic E-state index is 12.8. The fourth-order valence-electron chi connectivity index (χ4n) is 3.16.